The molecule has 1 N–H and O–H groups in total. The van der Waals surface area contributed by atoms with Gasteiger partial charge in [0.2, 0.25) is 10.0 Å². The summed E-state index contributed by atoms with van der Waals surface area (Å²) in [6, 6.07) is 0.218. The molecule has 0 atom stereocenters. The second kappa shape index (κ2) is 5.67. The van der Waals surface area contributed by atoms with E-state index in [0.29, 0.717) is 11.7 Å². The minimum atomic E-state index is -2.99. The number of nitrogens with one attached hydrogen (secondary N) is 1. The van der Waals surface area contributed by atoms with Crippen molar-refractivity contribution in [2.24, 2.45) is 5.92 Å². The van der Waals surface area contributed by atoms with Crippen LogP contribution in [0.4, 0.5) is 0 Å². The van der Waals surface area contributed by atoms with Crippen molar-refractivity contribution < 1.29 is 8.42 Å². The summed E-state index contributed by atoms with van der Waals surface area (Å²) in [6.45, 7) is 1.88. The number of hydrogen-bond acceptors (Lipinski definition) is 3. The van der Waals surface area contributed by atoms with E-state index in [0.717, 1.165) is 38.8 Å². The maximum absolute atomic E-state index is 12.0. The van der Waals surface area contributed by atoms with E-state index in [2.05, 4.69) is 5.32 Å². The van der Waals surface area contributed by atoms with Crippen molar-refractivity contribution in [2.75, 3.05) is 25.9 Å². The van der Waals surface area contributed by atoms with Crippen molar-refractivity contribution in [3.8, 4) is 0 Å². The van der Waals surface area contributed by atoms with Gasteiger partial charge in [-0.3, -0.25) is 0 Å². The Hall–Kier alpha value is 0.160. The molecule has 2 fully saturated rings. The Bertz CT molecular complexity index is 311. The zero-order valence-electron chi connectivity index (χ0n) is 9.68. The molecule has 0 aromatic rings. The Kier molecular flexibility index (Phi) is 5.04. The zero-order valence-corrected chi connectivity index (χ0v) is 11.3. The zero-order chi connectivity index (χ0) is 10.9. The lowest BCUT2D eigenvalue weighted by atomic mass is 10.1. The summed E-state index contributed by atoms with van der Waals surface area (Å²) in [4.78, 5) is 0. The Morgan fingerprint density at radius 2 is 1.75 bits per heavy atom. The third kappa shape index (κ3) is 3.58. The first kappa shape index (κ1) is 14.2. The van der Waals surface area contributed by atoms with Gasteiger partial charge in [-0.2, -0.15) is 0 Å². The van der Waals surface area contributed by atoms with Crippen LogP contribution in [0.3, 0.4) is 0 Å². The number of sulfonamides is 1. The normalized spacial score (nSPS) is 23.1. The van der Waals surface area contributed by atoms with Crippen LogP contribution in [0.25, 0.3) is 0 Å². The quantitative estimate of drug-likeness (QED) is 0.822. The van der Waals surface area contributed by atoms with Crippen molar-refractivity contribution in [1.82, 2.24) is 9.62 Å². The molecular formula is C10H21ClN2O2S. The highest BCUT2D eigenvalue weighted by atomic mass is 35.5. The molecule has 16 heavy (non-hydrogen) atoms. The van der Waals surface area contributed by atoms with Gasteiger partial charge in [0, 0.05) is 13.1 Å². The van der Waals surface area contributed by atoms with Gasteiger partial charge in [-0.05, 0) is 44.7 Å². The smallest absolute Gasteiger partial charge is 0.214 e. The van der Waals surface area contributed by atoms with Crippen LogP contribution in [0.1, 0.15) is 25.7 Å². The standard InChI is InChI=1S/C10H20N2O2S.ClH/c1-12(10-4-6-11-7-5-10)15(13,14)8-9-2-3-9;/h9-11H,2-8H2,1H3;1H. The van der Waals surface area contributed by atoms with Gasteiger partial charge in [0.1, 0.15) is 0 Å². The van der Waals surface area contributed by atoms with E-state index in [1.165, 1.54) is 0 Å². The predicted molar refractivity (Wildman–Crippen MR) is 67.4 cm³/mol. The fourth-order valence-electron chi connectivity index (χ4n) is 2.10. The summed E-state index contributed by atoms with van der Waals surface area (Å²) in [6.07, 6.45) is 4.08. The molecule has 1 saturated heterocycles. The van der Waals surface area contributed by atoms with Gasteiger partial charge in [-0.1, -0.05) is 0 Å². The van der Waals surface area contributed by atoms with Gasteiger partial charge < -0.3 is 5.32 Å². The Morgan fingerprint density at radius 3 is 2.25 bits per heavy atom. The molecule has 1 heterocycles. The van der Waals surface area contributed by atoms with Crippen molar-refractivity contribution in [2.45, 2.75) is 31.7 Å². The molecule has 0 aromatic carbocycles. The first-order valence-electron chi connectivity index (χ1n) is 5.76. The SMILES string of the molecule is CN(C1CCNCC1)S(=O)(=O)CC1CC1.Cl. The lowest BCUT2D eigenvalue weighted by Gasteiger charge is -2.30. The molecule has 6 heteroatoms. The lowest BCUT2D eigenvalue weighted by Crippen LogP contribution is -2.44. The van der Waals surface area contributed by atoms with Crippen molar-refractivity contribution in [1.29, 1.82) is 0 Å². The number of piperidine rings is 1. The van der Waals surface area contributed by atoms with Crippen LogP contribution in [0.5, 0.6) is 0 Å². The molecule has 1 saturated carbocycles. The third-order valence-electron chi connectivity index (χ3n) is 3.40. The molecule has 0 unspecified atom stereocenters. The fourth-order valence-corrected chi connectivity index (χ4v) is 3.93. The second-order valence-electron chi connectivity index (χ2n) is 4.72. The molecule has 4 nitrogen and oxygen atoms in total. The minimum Gasteiger partial charge on any atom is -0.317 e. The van der Waals surface area contributed by atoms with Crippen LogP contribution in [-0.4, -0.2) is 44.7 Å². The summed E-state index contributed by atoms with van der Waals surface area (Å²) < 4.78 is 25.6. The molecule has 0 amide bonds. The monoisotopic (exact) mass is 268 g/mol. The van der Waals surface area contributed by atoms with E-state index in [-0.39, 0.29) is 18.4 Å². The lowest BCUT2D eigenvalue weighted by molar-refractivity contribution is 0.296. The number of rotatable bonds is 4. The topological polar surface area (TPSA) is 49.4 Å². The third-order valence-corrected chi connectivity index (χ3v) is 5.47. The molecular weight excluding hydrogens is 248 g/mol. The number of nitrogens with zero attached hydrogens (tertiary/aromatic N) is 1. The number of hydrogen-bond donors (Lipinski definition) is 1. The van der Waals surface area contributed by atoms with Crippen LogP contribution in [0.2, 0.25) is 0 Å². The van der Waals surface area contributed by atoms with Crippen molar-refractivity contribution in [3.63, 3.8) is 0 Å². The molecule has 1 aliphatic heterocycles. The maximum Gasteiger partial charge on any atom is 0.214 e. The highest BCUT2D eigenvalue weighted by Gasteiger charge is 2.33. The van der Waals surface area contributed by atoms with Gasteiger partial charge in [0.15, 0.2) is 0 Å². The van der Waals surface area contributed by atoms with E-state index in [9.17, 15) is 8.42 Å². The largest absolute Gasteiger partial charge is 0.317 e. The highest BCUT2D eigenvalue weighted by molar-refractivity contribution is 7.89. The highest BCUT2D eigenvalue weighted by Crippen LogP contribution is 2.31. The maximum atomic E-state index is 12.0. The van der Waals surface area contributed by atoms with Gasteiger partial charge in [-0.25, -0.2) is 12.7 Å². The van der Waals surface area contributed by atoms with E-state index in [1.807, 2.05) is 0 Å². The average molecular weight is 269 g/mol. The van der Waals surface area contributed by atoms with Crippen LogP contribution in [0, 0.1) is 5.92 Å². The Labute approximate surface area is 104 Å². The van der Waals surface area contributed by atoms with Crippen LogP contribution < -0.4 is 5.32 Å². The Morgan fingerprint density at radius 1 is 1.19 bits per heavy atom. The summed E-state index contributed by atoms with van der Waals surface area (Å²) in [5.41, 5.74) is 0. The summed E-state index contributed by atoms with van der Waals surface area (Å²) in [7, 11) is -1.25. The summed E-state index contributed by atoms with van der Waals surface area (Å²) in [5, 5.41) is 3.25. The Balaban J connectivity index is 0.00000128. The first-order valence-corrected chi connectivity index (χ1v) is 7.37. The molecule has 0 spiro atoms. The molecule has 2 rings (SSSR count). The van der Waals surface area contributed by atoms with Crippen molar-refractivity contribution >= 4 is 22.4 Å². The van der Waals surface area contributed by atoms with Crippen LogP contribution in [-0.2, 0) is 10.0 Å². The van der Waals surface area contributed by atoms with E-state index < -0.39 is 10.0 Å². The molecule has 96 valence electrons. The molecule has 2 aliphatic rings. The van der Waals surface area contributed by atoms with Crippen LogP contribution in [0.15, 0.2) is 0 Å². The first-order chi connectivity index (χ1) is 7.09. The second-order valence-corrected chi connectivity index (χ2v) is 6.79. The van der Waals surface area contributed by atoms with Gasteiger partial charge in [0.25, 0.3) is 0 Å². The van der Waals surface area contributed by atoms with E-state index in [4.69, 9.17) is 0 Å². The summed E-state index contributed by atoms with van der Waals surface area (Å²) in [5.74, 6) is 0.812. The predicted octanol–water partition coefficient (Wildman–Crippen LogP) is 0.832. The summed E-state index contributed by atoms with van der Waals surface area (Å²) >= 11 is 0. The van der Waals surface area contributed by atoms with Gasteiger partial charge >= 0.3 is 0 Å². The molecule has 0 aromatic heterocycles. The number of halogens is 1. The average Bonchev–Trinajstić information content (AvgIpc) is 3.01. The van der Waals surface area contributed by atoms with Gasteiger partial charge in [0.05, 0.1) is 5.75 Å². The van der Waals surface area contributed by atoms with Crippen molar-refractivity contribution in [3.05, 3.63) is 0 Å². The fraction of sp³-hybridized carbons (Fsp3) is 1.00. The van der Waals surface area contributed by atoms with E-state index >= 15 is 0 Å². The molecule has 1 aliphatic carbocycles. The van der Waals surface area contributed by atoms with Gasteiger partial charge in [-0.15, -0.1) is 12.4 Å². The van der Waals surface area contributed by atoms with Crippen LogP contribution >= 0.6 is 12.4 Å². The van der Waals surface area contributed by atoms with E-state index in [1.54, 1.807) is 11.4 Å². The molecule has 0 radical (unpaired) electrons. The minimum absolute atomic E-state index is 0. The molecule has 0 bridgehead atoms.